The number of hydrogen-bond donors (Lipinski definition) is 1. The lowest BCUT2D eigenvalue weighted by Crippen LogP contribution is -2.29. The molecule has 0 saturated heterocycles. The summed E-state index contributed by atoms with van der Waals surface area (Å²) in [5.41, 5.74) is 0.836. The normalized spacial score (nSPS) is 9.48. The fourth-order valence-corrected chi connectivity index (χ4v) is 1.69. The quantitative estimate of drug-likeness (QED) is 0.862. The van der Waals surface area contributed by atoms with Crippen LogP contribution in [0.15, 0.2) is 48.5 Å². The maximum Gasteiger partial charge on any atom is 0.258 e. The molecule has 0 heterocycles. The number of hydrogen-bond acceptors (Lipinski definition) is 3. The Labute approximate surface area is 134 Å². The molecule has 0 aliphatic heterocycles. The first-order valence-corrected chi connectivity index (χ1v) is 6.95. The standard InChI is InChI=1S/C18H16FNO3/c1-22-16-8-4-14(5-9-16)3-2-12-20-18(21)13-23-17-10-6-15(19)7-11-17/h4-11H,12-13H2,1H3,(H,20,21). The Morgan fingerprint density at radius 3 is 2.39 bits per heavy atom. The van der Waals surface area contributed by atoms with Gasteiger partial charge in [-0.25, -0.2) is 4.39 Å². The van der Waals surface area contributed by atoms with Crippen LogP contribution in [0.5, 0.6) is 11.5 Å². The molecule has 0 aromatic heterocycles. The Morgan fingerprint density at radius 1 is 1.09 bits per heavy atom. The molecular formula is C18H16FNO3. The summed E-state index contributed by atoms with van der Waals surface area (Å²) in [6.45, 7) is 0.0769. The van der Waals surface area contributed by atoms with Crippen LogP contribution in [-0.2, 0) is 4.79 Å². The third kappa shape index (κ3) is 5.71. The molecule has 0 aliphatic carbocycles. The lowest BCUT2D eigenvalue weighted by molar-refractivity contribution is -0.122. The van der Waals surface area contributed by atoms with Crippen molar-refractivity contribution < 1.29 is 18.7 Å². The fraction of sp³-hybridized carbons (Fsp3) is 0.167. The van der Waals surface area contributed by atoms with Crippen molar-refractivity contribution in [2.24, 2.45) is 0 Å². The zero-order chi connectivity index (χ0) is 16.5. The van der Waals surface area contributed by atoms with E-state index < -0.39 is 0 Å². The third-order valence-corrected chi connectivity index (χ3v) is 2.88. The van der Waals surface area contributed by atoms with E-state index in [1.54, 1.807) is 7.11 Å². The molecule has 0 saturated carbocycles. The van der Waals surface area contributed by atoms with Crippen LogP contribution in [0.3, 0.4) is 0 Å². The largest absolute Gasteiger partial charge is 0.497 e. The van der Waals surface area contributed by atoms with Crippen molar-refractivity contribution in [3.63, 3.8) is 0 Å². The van der Waals surface area contributed by atoms with Crippen LogP contribution in [-0.4, -0.2) is 26.2 Å². The second-order valence-corrected chi connectivity index (χ2v) is 4.55. The summed E-state index contributed by atoms with van der Waals surface area (Å²) in [5, 5.41) is 2.62. The highest BCUT2D eigenvalue weighted by Gasteiger charge is 2.01. The summed E-state index contributed by atoms with van der Waals surface area (Å²) < 4.78 is 23.0. The maximum absolute atomic E-state index is 12.7. The predicted octanol–water partition coefficient (Wildman–Crippen LogP) is 2.38. The van der Waals surface area contributed by atoms with E-state index in [1.165, 1.54) is 24.3 Å². The van der Waals surface area contributed by atoms with E-state index >= 15 is 0 Å². The molecule has 5 heteroatoms. The topological polar surface area (TPSA) is 47.6 Å². The summed E-state index contributed by atoms with van der Waals surface area (Å²) >= 11 is 0. The van der Waals surface area contributed by atoms with Crippen molar-refractivity contribution in [2.75, 3.05) is 20.3 Å². The van der Waals surface area contributed by atoms with Gasteiger partial charge < -0.3 is 14.8 Å². The molecule has 0 spiro atoms. The van der Waals surface area contributed by atoms with Gasteiger partial charge in [0.1, 0.15) is 17.3 Å². The van der Waals surface area contributed by atoms with Gasteiger partial charge in [-0.1, -0.05) is 11.8 Å². The van der Waals surface area contributed by atoms with E-state index in [1.807, 2.05) is 24.3 Å². The van der Waals surface area contributed by atoms with Crippen LogP contribution in [0, 0.1) is 17.7 Å². The van der Waals surface area contributed by atoms with Gasteiger partial charge >= 0.3 is 0 Å². The van der Waals surface area contributed by atoms with Gasteiger partial charge in [-0.2, -0.15) is 0 Å². The van der Waals surface area contributed by atoms with Crippen molar-refractivity contribution in [1.82, 2.24) is 5.32 Å². The first-order chi connectivity index (χ1) is 11.2. The van der Waals surface area contributed by atoms with Gasteiger partial charge in [0.25, 0.3) is 5.91 Å². The lowest BCUT2D eigenvalue weighted by atomic mass is 10.2. The fourth-order valence-electron chi connectivity index (χ4n) is 1.69. The van der Waals surface area contributed by atoms with Crippen LogP contribution in [0.1, 0.15) is 5.56 Å². The summed E-state index contributed by atoms with van der Waals surface area (Å²) in [6.07, 6.45) is 0. The van der Waals surface area contributed by atoms with Crippen molar-refractivity contribution in [1.29, 1.82) is 0 Å². The second-order valence-electron chi connectivity index (χ2n) is 4.55. The number of halogens is 1. The molecule has 2 aromatic carbocycles. The number of methoxy groups -OCH3 is 1. The molecule has 0 atom stereocenters. The van der Waals surface area contributed by atoms with E-state index in [2.05, 4.69) is 17.2 Å². The number of nitrogens with one attached hydrogen (secondary N) is 1. The number of benzene rings is 2. The average Bonchev–Trinajstić information content (AvgIpc) is 2.59. The average molecular weight is 313 g/mol. The van der Waals surface area contributed by atoms with Crippen molar-refractivity contribution in [3.8, 4) is 23.3 Å². The molecule has 0 bridgehead atoms. The second kappa shape index (κ2) is 8.44. The van der Waals surface area contributed by atoms with Crippen LogP contribution in [0.25, 0.3) is 0 Å². The molecule has 23 heavy (non-hydrogen) atoms. The smallest absolute Gasteiger partial charge is 0.258 e. The molecule has 0 aliphatic rings. The summed E-state index contributed by atoms with van der Waals surface area (Å²) in [4.78, 5) is 11.6. The zero-order valence-corrected chi connectivity index (χ0v) is 12.6. The van der Waals surface area contributed by atoms with Crippen LogP contribution in [0.4, 0.5) is 4.39 Å². The minimum atomic E-state index is -0.351. The SMILES string of the molecule is COc1ccc(C#CCNC(=O)COc2ccc(F)cc2)cc1. The monoisotopic (exact) mass is 313 g/mol. The minimum Gasteiger partial charge on any atom is -0.497 e. The number of ether oxygens (including phenoxy) is 2. The molecule has 118 valence electrons. The zero-order valence-electron chi connectivity index (χ0n) is 12.6. The van der Waals surface area contributed by atoms with Gasteiger partial charge in [0.15, 0.2) is 6.61 Å². The van der Waals surface area contributed by atoms with Gasteiger partial charge in [0.05, 0.1) is 13.7 Å². The Hall–Kier alpha value is -3.00. The molecule has 1 N–H and O–H groups in total. The van der Waals surface area contributed by atoms with Gasteiger partial charge in [-0.15, -0.1) is 0 Å². The Morgan fingerprint density at radius 2 is 1.74 bits per heavy atom. The highest BCUT2D eigenvalue weighted by molar-refractivity contribution is 5.77. The Kier molecular flexibility index (Phi) is 6.01. The molecule has 2 rings (SSSR count). The Bertz CT molecular complexity index is 700. The first-order valence-electron chi connectivity index (χ1n) is 6.95. The first kappa shape index (κ1) is 16.4. The Balaban J connectivity index is 1.72. The summed E-state index contributed by atoms with van der Waals surface area (Å²) in [7, 11) is 1.60. The predicted molar refractivity (Wildman–Crippen MR) is 84.8 cm³/mol. The van der Waals surface area contributed by atoms with Crippen molar-refractivity contribution >= 4 is 5.91 Å². The molecule has 4 nitrogen and oxygen atoms in total. The van der Waals surface area contributed by atoms with Gasteiger partial charge in [0, 0.05) is 5.56 Å². The number of amides is 1. The highest BCUT2D eigenvalue weighted by atomic mass is 19.1. The van der Waals surface area contributed by atoms with E-state index in [0.717, 1.165) is 11.3 Å². The van der Waals surface area contributed by atoms with Crippen molar-refractivity contribution in [2.45, 2.75) is 0 Å². The van der Waals surface area contributed by atoms with E-state index in [-0.39, 0.29) is 24.9 Å². The van der Waals surface area contributed by atoms with Gasteiger partial charge in [-0.3, -0.25) is 4.79 Å². The molecule has 2 aromatic rings. The van der Waals surface area contributed by atoms with Crippen LogP contribution < -0.4 is 14.8 Å². The highest BCUT2D eigenvalue weighted by Crippen LogP contribution is 2.11. The lowest BCUT2D eigenvalue weighted by Gasteiger charge is -2.05. The molecule has 1 amide bonds. The molecule has 0 radical (unpaired) electrons. The number of carbonyl (C=O) groups excluding carboxylic acids is 1. The molecule has 0 unspecified atom stereocenters. The third-order valence-electron chi connectivity index (χ3n) is 2.88. The van der Waals surface area contributed by atoms with E-state index in [4.69, 9.17) is 9.47 Å². The van der Waals surface area contributed by atoms with Crippen LogP contribution in [0.2, 0.25) is 0 Å². The summed E-state index contributed by atoms with van der Waals surface area (Å²) in [5.74, 6) is 6.33. The van der Waals surface area contributed by atoms with E-state index in [9.17, 15) is 9.18 Å². The van der Waals surface area contributed by atoms with Gasteiger partial charge in [-0.05, 0) is 48.5 Å². The van der Waals surface area contributed by atoms with Gasteiger partial charge in [0.2, 0.25) is 0 Å². The molecular weight excluding hydrogens is 297 g/mol. The van der Waals surface area contributed by atoms with Crippen molar-refractivity contribution in [3.05, 3.63) is 59.9 Å². The summed E-state index contributed by atoms with van der Waals surface area (Å²) in [6, 6.07) is 12.8. The number of carbonyl (C=O) groups is 1. The van der Waals surface area contributed by atoms with Crippen LogP contribution >= 0.6 is 0 Å². The minimum absolute atomic E-state index is 0.143. The molecule has 0 fully saturated rings. The van der Waals surface area contributed by atoms with E-state index in [0.29, 0.717) is 5.75 Å². The number of rotatable bonds is 5. The maximum atomic E-state index is 12.7.